The van der Waals surface area contributed by atoms with Crippen LogP contribution >= 0.6 is 0 Å². The van der Waals surface area contributed by atoms with Gasteiger partial charge in [0.25, 0.3) is 0 Å². The van der Waals surface area contributed by atoms with Crippen molar-refractivity contribution in [2.45, 2.75) is 84.0 Å². The van der Waals surface area contributed by atoms with E-state index in [0.29, 0.717) is 37.2 Å². The molecule has 0 saturated carbocycles. The standard InChI is InChI=1S/C30H38O4/c1-3-5-7-8-9-10-11-12-13-15-29(31)34-28-22-20-26(21-23-28)25-16-18-27(19-17-25)30(32)33-24-14-6-4-2/h2,16-23H,3,5-15,24H2,1H3. The van der Waals surface area contributed by atoms with Crippen LogP contribution in [-0.2, 0) is 9.53 Å². The molecule has 182 valence electrons. The van der Waals surface area contributed by atoms with Crippen molar-refractivity contribution in [2.75, 3.05) is 6.61 Å². The van der Waals surface area contributed by atoms with Crippen LogP contribution in [0.5, 0.6) is 5.75 Å². The normalized spacial score (nSPS) is 10.5. The zero-order chi connectivity index (χ0) is 24.4. The summed E-state index contributed by atoms with van der Waals surface area (Å²) in [6, 6.07) is 14.7. The molecule has 0 N–H and O–H groups in total. The molecule has 2 aromatic carbocycles. The van der Waals surface area contributed by atoms with Crippen LogP contribution in [0, 0.1) is 12.3 Å². The van der Waals surface area contributed by atoms with Crippen molar-refractivity contribution >= 4 is 11.9 Å². The van der Waals surface area contributed by atoms with E-state index in [1.807, 2.05) is 24.3 Å². The van der Waals surface area contributed by atoms with Gasteiger partial charge in [-0.2, -0.15) is 0 Å². The van der Waals surface area contributed by atoms with Gasteiger partial charge in [-0.05, 0) is 48.2 Å². The van der Waals surface area contributed by atoms with E-state index in [1.165, 1.54) is 44.9 Å². The number of hydrogen-bond acceptors (Lipinski definition) is 4. The highest BCUT2D eigenvalue weighted by Crippen LogP contribution is 2.23. The molecule has 0 aliphatic heterocycles. The van der Waals surface area contributed by atoms with Crippen molar-refractivity contribution in [1.29, 1.82) is 0 Å². The van der Waals surface area contributed by atoms with Crippen molar-refractivity contribution in [1.82, 2.24) is 0 Å². The van der Waals surface area contributed by atoms with Crippen molar-refractivity contribution in [3.63, 3.8) is 0 Å². The minimum atomic E-state index is -0.349. The van der Waals surface area contributed by atoms with Gasteiger partial charge >= 0.3 is 11.9 Å². The highest BCUT2D eigenvalue weighted by atomic mass is 16.5. The molecule has 4 nitrogen and oxygen atoms in total. The summed E-state index contributed by atoms with van der Waals surface area (Å²) in [4.78, 5) is 24.2. The fourth-order valence-electron chi connectivity index (χ4n) is 3.70. The van der Waals surface area contributed by atoms with Gasteiger partial charge in [-0.25, -0.2) is 4.79 Å². The number of carbonyl (C=O) groups excluding carboxylic acids is 2. The SMILES string of the molecule is C#CCCCOC(=O)c1ccc(-c2ccc(OC(=O)CCCCCCCCCCC)cc2)cc1. The maximum absolute atomic E-state index is 12.1. The van der Waals surface area contributed by atoms with Gasteiger partial charge in [0.1, 0.15) is 5.75 Å². The number of unbranched alkanes of at least 4 members (excludes halogenated alkanes) is 9. The quantitative estimate of drug-likeness (QED) is 0.111. The van der Waals surface area contributed by atoms with E-state index in [1.54, 1.807) is 24.3 Å². The number of ether oxygens (including phenoxy) is 2. The van der Waals surface area contributed by atoms with E-state index in [0.717, 1.165) is 24.0 Å². The first-order valence-corrected chi connectivity index (χ1v) is 12.7. The maximum Gasteiger partial charge on any atom is 0.338 e. The molecule has 0 fully saturated rings. The van der Waals surface area contributed by atoms with Gasteiger partial charge in [0.2, 0.25) is 0 Å². The van der Waals surface area contributed by atoms with Crippen LogP contribution in [0.25, 0.3) is 11.1 Å². The van der Waals surface area contributed by atoms with Gasteiger partial charge in [-0.1, -0.05) is 82.6 Å². The molecule has 2 aromatic rings. The zero-order valence-electron chi connectivity index (χ0n) is 20.5. The van der Waals surface area contributed by atoms with Crippen LogP contribution in [0.15, 0.2) is 48.5 Å². The summed E-state index contributed by atoms with van der Waals surface area (Å²) in [5.41, 5.74) is 2.45. The second kappa shape index (κ2) is 16.5. The number of benzene rings is 2. The molecule has 0 amide bonds. The largest absolute Gasteiger partial charge is 0.462 e. The first-order chi connectivity index (χ1) is 16.6. The number of rotatable bonds is 16. The van der Waals surface area contributed by atoms with E-state index in [2.05, 4.69) is 12.8 Å². The Bertz CT molecular complexity index is 891. The molecule has 2 rings (SSSR count). The summed E-state index contributed by atoms with van der Waals surface area (Å²) in [7, 11) is 0. The van der Waals surface area contributed by atoms with Crippen LogP contribution < -0.4 is 4.74 Å². The highest BCUT2D eigenvalue weighted by molar-refractivity contribution is 5.90. The van der Waals surface area contributed by atoms with Gasteiger partial charge < -0.3 is 9.47 Å². The third kappa shape index (κ3) is 10.7. The number of hydrogen-bond donors (Lipinski definition) is 0. The molecular weight excluding hydrogens is 424 g/mol. The van der Waals surface area contributed by atoms with Gasteiger partial charge in [-0.3, -0.25) is 4.79 Å². The third-order valence-corrected chi connectivity index (χ3v) is 5.72. The minimum absolute atomic E-state index is 0.180. The Labute approximate surface area is 205 Å². The van der Waals surface area contributed by atoms with Crippen LogP contribution in [0.2, 0.25) is 0 Å². The molecule has 0 aliphatic rings. The average Bonchev–Trinajstić information content (AvgIpc) is 2.86. The van der Waals surface area contributed by atoms with Gasteiger partial charge in [0, 0.05) is 12.8 Å². The smallest absolute Gasteiger partial charge is 0.338 e. The lowest BCUT2D eigenvalue weighted by atomic mass is 10.0. The van der Waals surface area contributed by atoms with Crippen molar-refractivity contribution in [2.24, 2.45) is 0 Å². The van der Waals surface area contributed by atoms with Crippen molar-refractivity contribution < 1.29 is 19.1 Å². The lowest BCUT2D eigenvalue weighted by Gasteiger charge is -2.07. The first-order valence-electron chi connectivity index (χ1n) is 12.7. The predicted molar refractivity (Wildman–Crippen MR) is 138 cm³/mol. The monoisotopic (exact) mass is 462 g/mol. The Morgan fingerprint density at radius 2 is 1.32 bits per heavy atom. The third-order valence-electron chi connectivity index (χ3n) is 5.72. The van der Waals surface area contributed by atoms with E-state index < -0.39 is 0 Å². The molecule has 0 atom stereocenters. The second-order valence-electron chi connectivity index (χ2n) is 8.60. The highest BCUT2D eigenvalue weighted by Gasteiger charge is 2.08. The van der Waals surface area contributed by atoms with E-state index in [9.17, 15) is 9.59 Å². The molecule has 0 unspecified atom stereocenters. The van der Waals surface area contributed by atoms with Crippen LogP contribution in [-0.4, -0.2) is 18.5 Å². The first kappa shape index (κ1) is 27.2. The number of terminal acetylenes is 1. The fourth-order valence-corrected chi connectivity index (χ4v) is 3.70. The van der Waals surface area contributed by atoms with Gasteiger partial charge in [0.15, 0.2) is 0 Å². The lowest BCUT2D eigenvalue weighted by molar-refractivity contribution is -0.134. The van der Waals surface area contributed by atoms with E-state index in [4.69, 9.17) is 15.9 Å². The molecule has 0 heterocycles. The second-order valence-corrected chi connectivity index (χ2v) is 8.60. The molecule has 0 aliphatic carbocycles. The maximum atomic E-state index is 12.1. The summed E-state index contributed by atoms with van der Waals surface area (Å²) < 4.78 is 10.7. The summed E-state index contributed by atoms with van der Waals surface area (Å²) >= 11 is 0. The lowest BCUT2D eigenvalue weighted by Crippen LogP contribution is -2.07. The Balaban J connectivity index is 1.69. The topological polar surface area (TPSA) is 52.6 Å². The van der Waals surface area contributed by atoms with Crippen LogP contribution in [0.1, 0.15) is 94.3 Å². The number of esters is 2. The van der Waals surface area contributed by atoms with Gasteiger partial charge in [0.05, 0.1) is 12.2 Å². The fraction of sp³-hybridized carbons (Fsp3) is 0.467. The molecule has 0 radical (unpaired) electrons. The molecule has 0 saturated heterocycles. The average molecular weight is 463 g/mol. The Morgan fingerprint density at radius 1 is 0.765 bits per heavy atom. The molecule has 4 heteroatoms. The predicted octanol–water partition coefficient (Wildman–Crippen LogP) is 7.75. The minimum Gasteiger partial charge on any atom is -0.462 e. The van der Waals surface area contributed by atoms with Crippen molar-refractivity contribution in [3.8, 4) is 29.2 Å². The molecule has 0 aromatic heterocycles. The molecule has 34 heavy (non-hydrogen) atoms. The van der Waals surface area contributed by atoms with E-state index >= 15 is 0 Å². The Hall–Kier alpha value is -3.06. The number of carbonyl (C=O) groups is 2. The summed E-state index contributed by atoms with van der Waals surface area (Å²) in [6.07, 6.45) is 17.9. The molecule has 0 bridgehead atoms. The van der Waals surface area contributed by atoms with Crippen LogP contribution in [0.3, 0.4) is 0 Å². The molecular formula is C30H38O4. The summed E-state index contributed by atoms with van der Waals surface area (Å²) in [5, 5.41) is 0. The molecule has 0 spiro atoms. The van der Waals surface area contributed by atoms with E-state index in [-0.39, 0.29) is 11.9 Å². The van der Waals surface area contributed by atoms with Crippen molar-refractivity contribution in [3.05, 3.63) is 54.1 Å². The summed E-state index contributed by atoms with van der Waals surface area (Å²) in [5.74, 6) is 2.55. The Morgan fingerprint density at radius 3 is 1.91 bits per heavy atom. The Kier molecular flexibility index (Phi) is 13.2. The summed E-state index contributed by atoms with van der Waals surface area (Å²) in [6.45, 7) is 2.56. The zero-order valence-corrected chi connectivity index (χ0v) is 20.5. The van der Waals surface area contributed by atoms with Gasteiger partial charge in [-0.15, -0.1) is 12.3 Å². The van der Waals surface area contributed by atoms with Crippen LogP contribution in [0.4, 0.5) is 0 Å².